The van der Waals surface area contributed by atoms with Crippen LogP contribution in [0, 0.1) is 12.7 Å². The predicted molar refractivity (Wildman–Crippen MR) is 77.1 cm³/mol. The molecule has 0 aromatic heterocycles. The van der Waals surface area contributed by atoms with Gasteiger partial charge in [0, 0.05) is 5.69 Å². The van der Waals surface area contributed by atoms with Gasteiger partial charge >= 0.3 is 0 Å². The molecule has 0 spiro atoms. The first kappa shape index (κ1) is 14.7. The van der Waals surface area contributed by atoms with Crippen LogP contribution in [0.1, 0.15) is 15.9 Å². The fraction of sp³-hybridized carbons (Fsp3) is 0.125. The Balaban J connectivity index is 1.97. The van der Waals surface area contributed by atoms with Gasteiger partial charge in [0.05, 0.1) is 5.56 Å². The Labute approximate surface area is 121 Å². The first-order chi connectivity index (χ1) is 10.1. The van der Waals surface area contributed by atoms with Gasteiger partial charge in [-0.2, -0.15) is 0 Å². The second-order valence-electron chi connectivity index (χ2n) is 4.51. The molecule has 108 valence electrons. The number of benzene rings is 2. The zero-order valence-corrected chi connectivity index (χ0v) is 11.4. The molecule has 0 bridgehead atoms. The second kappa shape index (κ2) is 6.65. The normalized spacial score (nSPS) is 10.0. The van der Waals surface area contributed by atoms with E-state index in [1.165, 1.54) is 18.2 Å². The van der Waals surface area contributed by atoms with Crippen LogP contribution in [0.2, 0.25) is 0 Å². The summed E-state index contributed by atoms with van der Waals surface area (Å²) in [5.74, 6) is -0.529. The summed E-state index contributed by atoms with van der Waals surface area (Å²) in [5, 5.41) is 2.51. The van der Waals surface area contributed by atoms with E-state index in [-0.39, 0.29) is 6.61 Å². The van der Waals surface area contributed by atoms with Crippen LogP contribution < -0.4 is 10.1 Å². The molecule has 0 radical (unpaired) electrons. The van der Waals surface area contributed by atoms with E-state index in [9.17, 15) is 14.0 Å². The van der Waals surface area contributed by atoms with E-state index in [1.807, 2.05) is 6.92 Å². The van der Waals surface area contributed by atoms with Crippen LogP contribution >= 0.6 is 0 Å². The number of amides is 1. The lowest BCUT2D eigenvalue weighted by Gasteiger charge is -2.09. The molecule has 4 nitrogen and oxygen atoms in total. The third kappa shape index (κ3) is 4.14. The van der Waals surface area contributed by atoms with E-state index in [4.69, 9.17) is 4.74 Å². The van der Waals surface area contributed by atoms with Gasteiger partial charge in [-0.3, -0.25) is 9.59 Å². The van der Waals surface area contributed by atoms with Crippen LogP contribution in [0.5, 0.6) is 5.75 Å². The highest BCUT2D eigenvalue weighted by Crippen LogP contribution is 2.18. The van der Waals surface area contributed by atoms with Crippen molar-refractivity contribution in [2.45, 2.75) is 6.92 Å². The topological polar surface area (TPSA) is 55.4 Å². The summed E-state index contributed by atoms with van der Waals surface area (Å²) in [6.07, 6.45) is 0.673. The largest absolute Gasteiger partial charge is 0.483 e. The summed E-state index contributed by atoms with van der Waals surface area (Å²) in [7, 11) is 0. The van der Waals surface area contributed by atoms with E-state index in [1.54, 1.807) is 24.3 Å². The fourth-order valence-electron chi connectivity index (χ4n) is 1.80. The van der Waals surface area contributed by atoms with Gasteiger partial charge in [-0.05, 0) is 37.3 Å². The van der Waals surface area contributed by atoms with Crippen molar-refractivity contribution in [1.29, 1.82) is 0 Å². The zero-order chi connectivity index (χ0) is 15.2. The van der Waals surface area contributed by atoms with E-state index in [0.29, 0.717) is 23.3 Å². The Hall–Kier alpha value is -2.69. The number of rotatable bonds is 5. The molecule has 0 aliphatic heterocycles. The van der Waals surface area contributed by atoms with Gasteiger partial charge in [-0.25, -0.2) is 4.39 Å². The highest BCUT2D eigenvalue weighted by molar-refractivity contribution is 5.92. The molecule has 0 aliphatic carbocycles. The van der Waals surface area contributed by atoms with Crippen LogP contribution in [0.3, 0.4) is 0 Å². The number of aryl methyl sites for hydroxylation is 1. The molecule has 0 fully saturated rings. The lowest BCUT2D eigenvalue weighted by Crippen LogP contribution is -2.20. The van der Waals surface area contributed by atoms with Crippen molar-refractivity contribution in [3.63, 3.8) is 0 Å². The Morgan fingerprint density at radius 1 is 1.29 bits per heavy atom. The molecule has 0 aliphatic rings. The van der Waals surface area contributed by atoms with Crippen molar-refractivity contribution in [2.75, 3.05) is 11.9 Å². The number of aldehydes is 1. The molecular weight excluding hydrogens is 273 g/mol. The Morgan fingerprint density at radius 2 is 2.10 bits per heavy atom. The molecule has 1 amide bonds. The average Bonchev–Trinajstić information content (AvgIpc) is 2.45. The summed E-state index contributed by atoms with van der Waals surface area (Å²) in [5.41, 5.74) is 1.66. The average molecular weight is 287 g/mol. The number of anilines is 1. The maximum atomic E-state index is 13.0. The van der Waals surface area contributed by atoms with Gasteiger partial charge < -0.3 is 10.1 Å². The molecule has 2 aromatic rings. The quantitative estimate of drug-likeness (QED) is 0.860. The summed E-state index contributed by atoms with van der Waals surface area (Å²) in [6.45, 7) is 1.59. The first-order valence-electron chi connectivity index (χ1n) is 6.32. The number of halogens is 1. The standard InChI is InChI=1S/C16H14FNO3/c1-11-5-6-15(12(7-11)9-19)21-10-16(20)18-14-4-2-3-13(17)8-14/h2-9H,10H2,1H3,(H,18,20). The van der Waals surface area contributed by atoms with Crippen molar-refractivity contribution in [1.82, 2.24) is 0 Å². The molecule has 5 heteroatoms. The predicted octanol–water partition coefficient (Wildman–Crippen LogP) is 2.96. The molecular formula is C16H14FNO3. The lowest BCUT2D eigenvalue weighted by atomic mass is 10.1. The lowest BCUT2D eigenvalue weighted by molar-refractivity contribution is -0.118. The van der Waals surface area contributed by atoms with Crippen LogP contribution in [0.25, 0.3) is 0 Å². The molecule has 21 heavy (non-hydrogen) atoms. The van der Waals surface area contributed by atoms with Crippen molar-refractivity contribution in [3.8, 4) is 5.75 Å². The van der Waals surface area contributed by atoms with Gasteiger partial charge in [0.2, 0.25) is 0 Å². The smallest absolute Gasteiger partial charge is 0.262 e. The molecule has 2 aromatic carbocycles. The van der Waals surface area contributed by atoms with Crippen molar-refractivity contribution in [2.24, 2.45) is 0 Å². The molecule has 2 rings (SSSR count). The van der Waals surface area contributed by atoms with E-state index < -0.39 is 11.7 Å². The number of carbonyl (C=O) groups is 2. The molecule has 0 saturated heterocycles. The highest BCUT2D eigenvalue weighted by Gasteiger charge is 2.07. The van der Waals surface area contributed by atoms with Crippen LogP contribution in [0.4, 0.5) is 10.1 Å². The molecule has 0 saturated carbocycles. The second-order valence-corrected chi connectivity index (χ2v) is 4.51. The van der Waals surface area contributed by atoms with E-state index in [2.05, 4.69) is 5.32 Å². The summed E-state index contributed by atoms with van der Waals surface area (Å²) >= 11 is 0. The van der Waals surface area contributed by atoms with E-state index >= 15 is 0 Å². The van der Waals surface area contributed by atoms with Crippen LogP contribution in [-0.2, 0) is 4.79 Å². The maximum Gasteiger partial charge on any atom is 0.262 e. The molecule has 1 N–H and O–H groups in total. The van der Waals surface area contributed by atoms with Gasteiger partial charge in [0.25, 0.3) is 5.91 Å². The van der Waals surface area contributed by atoms with Crippen LogP contribution in [0.15, 0.2) is 42.5 Å². The van der Waals surface area contributed by atoms with Crippen LogP contribution in [-0.4, -0.2) is 18.8 Å². The third-order valence-corrected chi connectivity index (χ3v) is 2.76. The van der Waals surface area contributed by atoms with Gasteiger partial charge in [0.15, 0.2) is 12.9 Å². The van der Waals surface area contributed by atoms with Crippen molar-refractivity contribution < 1.29 is 18.7 Å². The third-order valence-electron chi connectivity index (χ3n) is 2.76. The van der Waals surface area contributed by atoms with Gasteiger partial charge in [-0.1, -0.05) is 17.7 Å². The Morgan fingerprint density at radius 3 is 2.81 bits per heavy atom. The molecule has 0 heterocycles. The summed E-state index contributed by atoms with van der Waals surface area (Å²) in [4.78, 5) is 22.6. The fourth-order valence-corrected chi connectivity index (χ4v) is 1.80. The molecule has 0 atom stereocenters. The number of carbonyl (C=O) groups excluding carboxylic acids is 2. The van der Waals surface area contributed by atoms with Gasteiger partial charge in [0.1, 0.15) is 11.6 Å². The SMILES string of the molecule is Cc1ccc(OCC(=O)Nc2cccc(F)c2)c(C=O)c1. The number of hydrogen-bond acceptors (Lipinski definition) is 3. The maximum absolute atomic E-state index is 13.0. The van der Waals surface area contributed by atoms with Gasteiger partial charge in [-0.15, -0.1) is 0 Å². The number of hydrogen-bond donors (Lipinski definition) is 1. The molecule has 0 unspecified atom stereocenters. The van der Waals surface area contributed by atoms with Crippen molar-refractivity contribution in [3.05, 3.63) is 59.4 Å². The summed E-state index contributed by atoms with van der Waals surface area (Å²) < 4.78 is 18.3. The number of ether oxygens (including phenoxy) is 1. The minimum absolute atomic E-state index is 0.263. The highest BCUT2D eigenvalue weighted by atomic mass is 19.1. The zero-order valence-electron chi connectivity index (χ0n) is 11.4. The monoisotopic (exact) mass is 287 g/mol. The van der Waals surface area contributed by atoms with Crippen molar-refractivity contribution >= 4 is 17.9 Å². The number of nitrogens with one attached hydrogen (secondary N) is 1. The Bertz CT molecular complexity index is 670. The Kier molecular flexibility index (Phi) is 4.66. The first-order valence-corrected chi connectivity index (χ1v) is 6.32. The summed E-state index contributed by atoms with van der Waals surface area (Å²) in [6, 6.07) is 10.7. The minimum atomic E-state index is -0.435. The van der Waals surface area contributed by atoms with E-state index in [0.717, 1.165) is 5.56 Å². The minimum Gasteiger partial charge on any atom is -0.483 e.